The Labute approximate surface area is 138 Å². The summed E-state index contributed by atoms with van der Waals surface area (Å²) in [5.41, 5.74) is 0. The van der Waals surface area contributed by atoms with Crippen molar-refractivity contribution in [2.24, 2.45) is 0 Å². The Kier molecular flexibility index (Phi) is 8.52. The maximum atomic E-state index is 11.4. The topological polar surface area (TPSA) is 90.9 Å². The molecule has 0 aliphatic heterocycles. The van der Waals surface area contributed by atoms with E-state index in [1.807, 2.05) is 0 Å². The van der Waals surface area contributed by atoms with Crippen LogP contribution in [0.3, 0.4) is 0 Å². The van der Waals surface area contributed by atoms with Crippen molar-refractivity contribution in [3.05, 3.63) is 29.3 Å². The highest BCUT2D eigenvalue weighted by Crippen LogP contribution is 2.15. The smallest absolute Gasteiger partial charge is 0.344 e. The molecule has 1 aromatic carbocycles. The highest BCUT2D eigenvalue weighted by atomic mass is 35.5. The van der Waals surface area contributed by atoms with Crippen LogP contribution in [0.15, 0.2) is 24.3 Å². The normalized spacial score (nSPS) is 9.83. The van der Waals surface area contributed by atoms with E-state index in [9.17, 15) is 14.4 Å². The van der Waals surface area contributed by atoms with Crippen LogP contribution < -0.4 is 10.1 Å². The summed E-state index contributed by atoms with van der Waals surface area (Å²) in [6.07, 6.45) is 0.664. The van der Waals surface area contributed by atoms with Crippen molar-refractivity contribution in [1.29, 1.82) is 0 Å². The molecule has 1 rings (SSSR count). The van der Waals surface area contributed by atoms with Crippen LogP contribution in [0.5, 0.6) is 5.75 Å². The van der Waals surface area contributed by atoms with Crippen LogP contribution in [-0.4, -0.2) is 44.7 Å². The molecule has 0 unspecified atom stereocenters. The lowest BCUT2D eigenvalue weighted by Crippen LogP contribution is -2.30. The molecule has 1 N–H and O–H groups in total. The predicted octanol–water partition coefficient (Wildman–Crippen LogP) is 1.33. The number of halogens is 1. The van der Waals surface area contributed by atoms with Gasteiger partial charge in [0.15, 0.2) is 13.2 Å². The Bertz CT molecular complexity index is 531. The number of ether oxygens (including phenoxy) is 3. The number of rotatable bonds is 9. The monoisotopic (exact) mass is 343 g/mol. The molecule has 7 nitrogen and oxygen atoms in total. The van der Waals surface area contributed by atoms with Gasteiger partial charge >= 0.3 is 11.9 Å². The Balaban J connectivity index is 2.11. The van der Waals surface area contributed by atoms with Crippen LogP contribution in [0.2, 0.25) is 5.02 Å². The zero-order chi connectivity index (χ0) is 17.1. The van der Waals surface area contributed by atoms with Crippen LogP contribution in [0.25, 0.3) is 0 Å². The van der Waals surface area contributed by atoms with Crippen molar-refractivity contribution in [3.8, 4) is 5.75 Å². The predicted molar refractivity (Wildman–Crippen MR) is 82.2 cm³/mol. The summed E-state index contributed by atoms with van der Waals surface area (Å²) < 4.78 is 14.4. The van der Waals surface area contributed by atoms with Crippen LogP contribution in [0, 0.1) is 0 Å². The SMILES string of the molecule is COC(=O)CCCNC(=O)COC(=O)COc1ccc(Cl)cc1. The maximum Gasteiger partial charge on any atom is 0.344 e. The van der Waals surface area contributed by atoms with Crippen molar-refractivity contribution in [1.82, 2.24) is 5.32 Å². The van der Waals surface area contributed by atoms with Gasteiger partial charge in [-0.3, -0.25) is 9.59 Å². The molecule has 0 saturated heterocycles. The lowest BCUT2D eigenvalue weighted by molar-refractivity contribution is -0.150. The largest absolute Gasteiger partial charge is 0.482 e. The summed E-state index contributed by atoms with van der Waals surface area (Å²) in [7, 11) is 1.30. The molecule has 0 heterocycles. The van der Waals surface area contributed by atoms with Crippen molar-refractivity contribution in [2.75, 3.05) is 26.9 Å². The van der Waals surface area contributed by atoms with Gasteiger partial charge in [-0.15, -0.1) is 0 Å². The fourth-order valence-corrected chi connectivity index (χ4v) is 1.60. The highest BCUT2D eigenvalue weighted by molar-refractivity contribution is 6.30. The van der Waals surface area contributed by atoms with Crippen LogP contribution in [0.1, 0.15) is 12.8 Å². The fourth-order valence-electron chi connectivity index (χ4n) is 1.47. The van der Waals surface area contributed by atoms with E-state index >= 15 is 0 Å². The number of amides is 1. The molecule has 0 bridgehead atoms. The second-order valence-electron chi connectivity index (χ2n) is 4.43. The molecular formula is C15H18ClNO6. The molecule has 0 aliphatic rings. The third kappa shape index (κ3) is 8.67. The molecule has 0 saturated carbocycles. The van der Waals surface area contributed by atoms with Gasteiger partial charge in [-0.05, 0) is 30.7 Å². The highest BCUT2D eigenvalue weighted by Gasteiger charge is 2.08. The molecule has 0 aliphatic carbocycles. The molecule has 1 amide bonds. The van der Waals surface area contributed by atoms with Crippen molar-refractivity contribution < 1.29 is 28.6 Å². The van der Waals surface area contributed by atoms with Gasteiger partial charge in [0.1, 0.15) is 5.75 Å². The van der Waals surface area contributed by atoms with E-state index in [-0.39, 0.29) is 19.0 Å². The Morgan fingerprint density at radius 1 is 1.09 bits per heavy atom. The minimum atomic E-state index is -0.662. The molecule has 0 atom stereocenters. The molecule has 8 heteroatoms. The molecule has 0 fully saturated rings. The van der Waals surface area contributed by atoms with E-state index in [1.54, 1.807) is 24.3 Å². The van der Waals surface area contributed by atoms with E-state index in [1.165, 1.54) is 7.11 Å². The Hall–Kier alpha value is -2.28. The standard InChI is InChI=1S/C15H18ClNO6/c1-21-14(19)3-2-8-17-13(18)9-23-15(20)10-22-12-6-4-11(16)5-7-12/h4-7H,2-3,8-10H2,1H3,(H,17,18). The molecule has 0 spiro atoms. The van der Waals surface area contributed by atoms with Crippen LogP contribution in [-0.2, 0) is 23.9 Å². The van der Waals surface area contributed by atoms with Gasteiger partial charge in [0, 0.05) is 18.0 Å². The third-order valence-electron chi connectivity index (χ3n) is 2.64. The minimum absolute atomic E-state index is 0.214. The fraction of sp³-hybridized carbons (Fsp3) is 0.400. The van der Waals surface area contributed by atoms with Crippen molar-refractivity contribution in [3.63, 3.8) is 0 Å². The number of hydrogen-bond donors (Lipinski definition) is 1. The van der Waals surface area contributed by atoms with Crippen LogP contribution in [0.4, 0.5) is 0 Å². The number of methoxy groups -OCH3 is 1. The number of hydrogen-bond acceptors (Lipinski definition) is 6. The summed E-state index contributed by atoms with van der Waals surface area (Å²) in [6.45, 7) is -0.412. The first kappa shape index (κ1) is 18.8. The molecule has 0 aromatic heterocycles. The van der Waals surface area contributed by atoms with E-state index in [0.29, 0.717) is 23.7 Å². The lowest BCUT2D eigenvalue weighted by atomic mass is 10.3. The number of carbonyl (C=O) groups is 3. The molecular weight excluding hydrogens is 326 g/mol. The summed E-state index contributed by atoms with van der Waals surface area (Å²) in [4.78, 5) is 33.7. The minimum Gasteiger partial charge on any atom is -0.482 e. The third-order valence-corrected chi connectivity index (χ3v) is 2.89. The second kappa shape index (κ2) is 10.4. The van der Waals surface area contributed by atoms with E-state index in [2.05, 4.69) is 10.1 Å². The molecule has 1 aromatic rings. The lowest BCUT2D eigenvalue weighted by Gasteiger charge is -2.07. The first-order valence-electron chi connectivity index (χ1n) is 6.88. The number of esters is 2. The maximum absolute atomic E-state index is 11.4. The van der Waals surface area contributed by atoms with Gasteiger partial charge in [0.2, 0.25) is 0 Å². The van der Waals surface area contributed by atoms with Crippen molar-refractivity contribution >= 4 is 29.4 Å². The first-order chi connectivity index (χ1) is 11.0. The van der Waals surface area contributed by atoms with Gasteiger partial charge in [-0.2, -0.15) is 0 Å². The quantitative estimate of drug-likeness (QED) is 0.537. The summed E-state index contributed by atoms with van der Waals surface area (Å²) in [5.74, 6) is -0.983. The summed E-state index contributed by atoms with van der Waals surface area (Å²) in [6, 6.07) is 6.49. The second-order valence-corrected chi connectivity index (χ2v) is 4.87. The number of carbonyl (C=O) groups excluding carboxylic acids is 3. The van der Waals surface area contributed by atoms with E-state index < -0.39 is 18.5 Å². The van der Waals surface area contributed by atoms with Gasteiger partial charge in [-0.25, -0.2) is 4.79 Å². The molecule has 23 heavy (non-hydrogen) atoms. The number of nitrogens with one attached hydrogen (secondary N) is 1. The Morgan fingerprint density at radius 2 is 1.78 bits per heavy atom. The average molecular weight is 344 g/mol. The zero-order valence-electron chi connectivity index (χ0n) is 12.7. The summed E-state index contributed by atoms with van der Waals surface area (Å²) in [5, 5.41) is 3.08. The Morgan fingerprint density at radius 3 is 2.43 bits per heavy atom. The average Bonchev–Trinajstić information content (AvgIpc) is 2.56. The van der Waals surface area contributed by atoms with Gasteiger partial charge in [0.25, 0.3) is 5.91 Å². The zero-order valence-corrected chi connectivity index (χ0v) is 13.4. The van der Waals surface area contributed by atoms with Gasteiger partial charge < -0.3 is 19.5 Å². The summed E-state index contributed by atoms with van der Waals surface area (Å²) >= 11 is 5.72. The molecule has 0 radical (unpaired) electrons. The van der Waals surface area contributed by atoms with Gasteiger partial charge in [-0.1, -0.05) is 11.6 Å². The molecule has 126 valence electrons. The van der Waals surface area contributed by atoms with Gasteiger partial charge in [0.05, 0.1) is 7.11 Å². The van der Waals surface area contributed by atoms with Crippen molar-refractivity contribution in [2.45, 2.75) is 12.8 Å². The van der Waals surface area contributed by atoms with Crippen LogP contribution >= 0.6 is 11.6 Å². The van der Waals surface area contributed by atoms with E-state index in [4.69, 9.17) is 21.1 Å². The van der Waals surface area contributed by atoms with E-state index in [0.717, 1.165) is 0 Å². The first-order valence-corrected chi connectivity index (χ1v) is 7.26. The number of benzene rings is 1.